The second-order valence-electron chi connectivity index (χ2n) is 8.43. The van der Waals surface area contributed by atoms with Crippen molar-refractivity contribution in [3.63, 3.8) is 0 Å². The van der Waals surface area contributed by atoms with Gasteiger partial charge in [0.2, 0.25) is 15.8 Å². The monoisotopic (exact) mass is 591 g/mol. The molecule has 0 atom stereocenters. The standard InChI is InChI=1S/C25H17Cl2F2N5O4S/c1-39(36,37)33-20-10-19-12(6-18(20)29)7-21(32-19)24(35)14-11-31-34(25(14)30)23-15(26)8-13(9-16(23)27)38-22-5-3-2-4-17(22)28/h2-11,32-33H,30H2,1H3. The van der Waals surface area contributed by atoms with E-state index in [-0.39, 0.29) is 50.0 Å². The topological polar surface area (TPSA) is 132 Å². The van der Waals surface area contributed by atoms with Gasteiger partial charge in [0, 0.05) is 23.0 Å². The van der Waals surface area contributed by atoms with E-state index in [9.17, 15) is 22.0 Å². The Bertz CT molecular complexity index is 1870. The number of aromatic nitrogens is 3. The van der Waals surface area contributed by atoms with Crippen LogP contribution < -0.4 is 15.2 Å². The van der Waals surface area contributed by atoms with Crippen LogP contribution in [0.2, 0.25) is 10.0 Å². The maximum Gasteiger partial charge on any atom is 0.229 e. The fraction of sp³-hybridized carbons (Fsp3) is 0.0400. The first-order chi connectivity index (χ1) is 18.4. The van der Waals surface area contributed by atoms with Gasteiger partial charge in [0.25, 0.3) is 0 Å². The second-order valence-corrected chi connectivity index (χ2v) is 11.0. The molecule has 0 amide bonds. The van der Waals surface area contributed by atoms with Crippen molar-refractivity contribution in [2.75, 3.05) is 16.7 Å². The number of para-hydroxylation sites is 1. The number of nitrogens with one attached hydrogen (secondary N) is 2. The van der Waals surface area contributed by atoms with Crippen molar-refractivity contribution in [3.05, 3.63) is 93.7 Å². The van der Waals surface area contributed by atoms with Gasteiger partial charge in [-0.2, -0.15) is 5.10 Å². The molecule has 2 heterocycles. The van der Waals surface area contributed by atoms with Crippen LogP contribution in [0.4, 0.5) is 20.3 Å². The Morgan fingerprint density at radius 2 is 1.77 bits per heavy atom. The Balaban J connectivity index is 1.46. The highest BCUT2D eigenvalue weighted by Crippen LogP contribution is 2.37. The van der Waals surface area contributed by atoms with Gasteiger partial charge in [-0.1, -0.05) is 35.3 Å². The number of ketones is 1. The largest absolute Gasteiger partial charge is 0.454 e. The summed E-state index contributed by atoms with van der Waals surface area (Å²) < 4.78 is 60.1. The Morgan fingerprint density at radius 1 is 1.08 bits per heavy atom. The minimum atomic E-state index is -3.72. The van der Waals surface area contributed by atoms with E-state index in [1.54, 1.807) is 6.07 Å². The van der Waals surface area contributed by atoms with E-state index in [4.69, 9.17) is 33.7 Å². The number of anilines is 2. The van der Waals surface area contributed by atoms with Gasteiger partial charge in [-0.15, -0.1) is 0 Å². The van der Waals surface area contributed by atoms with Gasteiger partial charge in [-0.25, -0.2) is 21.9 Å². The molecule has 4 N–H and O–H groups in total. The smallest absolute Gasteiger partial charge is 0.229 e. The van der Waals surface area contributed by atoms with Crippen LogP contribution in [0.25, 0.3) is 16.6 Å². The number of H-pyrrole nitrogens is 1. The number of hydrogen-bond donors (Lipinski definition) is 3. The Morgan fingerprint density at radius 3 is 2.44 bits per heavy atom. The lowest BCUT2D eigenvalue weighted by Crippen LogP contribution is -2.10. The number of nitrogen functional groups attached to an aromatic ring is 1. The first-order valence-electron chi connectivity index (χ1n) is 11.0. The molecule has 5 rings (SSSR count). The lowest BCUT2D eigenvalue weighted by Gasteiger charge is -2.13. The predicted molar refractivity (Wildman–Crippen MR) is 145 cm³/mol. The van der Waals surface area contributed by atoms with Crippen molar-refractivity contribution in [3.8, 4) is 17.2 Å². The number of carbonyl (C=O) groups excluding carboxylic acids is 1. The molecule has 0 radical (unpaired) electrons. The number of carbonyl (C=O) groups is 1. The number of nitrogens with two attached hydrogens (primary N) is 1. The molecule has 0 unspecified atom stereocenters. The molecule has 0 aliphatic carbocycles. The van der Waals surface area contributed by atoms with E-state index in [1.165, 1.54) is 53.3 Å². The molecule has 2 aromatic heterocycles. The molecular formula is C25H17Cl2F2N5O4S. The van der Waals surface area contributed by atoms with Crippen molar-refractivity contribution in [2.45, 2.75) is 0 Å². The summed E-state index contributed by atoms with van der Waals surface area (Å²) >= 11 is 12.9. The van der Waals surface area contributed by atoms with Crippen LogP contribution in [0.3, 0.4) is 0 Å². The molecule has 3 aromatic carbocycles. The van der Waals surface area contributed by atoms with E-state index in [0.29, 0.717) is 10.9 Å². The molecule has 0 fully saturated rings. The first kappa shape index (κ1) is 26.5. The highest BCUT2D eigenvalue weighted by atomic mass is 35.5. The fourth-order valence-corrected chi connectivity index (χ4v) is 5.05. The number of fused-ring (bicyclic) bond motifs is 1. The molecule has 200 valence electrons. The zero-order chi connectivity index (χ0) is 28.1. The summed E-state index contributed by atoms with van der Waals surface area (Å²) in [7, 11) is -3.72. The van der Waals surface area contributed by atoms with Gasteiger partial charge >= 0.3 is 0 Å². The molecular weight excluding hydrogens is 575 g/mol. The average Bonchev–Trinajstić information content (AvgIpc) is 3.42. The normalized spacial score (nSPS) is 11.6. The van der Waals surface area contributed by atoms with Crippen molar-refractivity contribution in [1.29, 1.82) is 0 Å². The van der Waals surface area contributed by atoms with Gasteiger partial charge < -0.3 is 15.5 Å². The Hall–Kier alpha value is -4.13. The minimum Gasteiger partial charge on any atom is -0.454 e. The number of hydrogen-bond acceptors (Lipinski definition) is 6. The maximum atomic E-state index is 14.4. The van der Waals surface area contributed by atoms with Gasteiger partial charge in [0.05, 0.1) is 39.4 Å². The molecule has 0 bridgehead atoms. The van der Waals surface area contributed by atoms with Gasteiger partial charge in [0.1, 0.15) is 23.1 Å². The summed E-state index contributed by atoms with van der Waals surface area (Å²) in [5.41, 5.74) is 6.48. The molecule has 0 saturated heterocycles. The Labute approximate surface area is 230 Å². The molecule has 0 saturated carbocycles. The molecule has 0 aliphatic heterocycles. The number of rotatable bonds is 7. The summed E-state index contributed by atoms with van der Waals surface area (Å²) in [4.78, 5) is 16.1. The second kappa shape index (κ2) is 9.88. The molecule has 0 aliphatic rings. The number of nitrogens with zero attached hydrogens (tertiary/aromatic N) is 2. The van der Waals surface area contributed by atoms with Gasteiger partial charge in [-0.05, 0) is 30.3 Å². The van der Waals surface area contributed by atoms with Crippen molar-refractivity contribution in [2.24, 2.45) is 0 Å². The average molecular weight is 592 g/mol. The highest BCUT2D eigenvalue weighted by Gasteiger charge is 2.23. The lowest BCUT2D eigenvalue weighted by atomic mass is 10.1. The quantitative estimate of drug-likeness (QED) is 0.201. The molecule has 5 aromatic rings. The molecule has 39 heavy (non-hydrogen) atoms. The van der Waals surface area contributed by atoms with Crippen LogP contribution in [-0.4, -0.2) is 35.2 Å². The number of sulfonamides is 1. The van der Waals surface area contributed by atoms with Crippen LogP contribution in [-0.2, 0) is 10.0 Å². The van der Waals surface area contributed by atoms with Crippen LogP contribution in [0.15, 0.2) is 60.8 Å². The summed E-state index contributed by atoms with van der Waals surface area (Å²) in [5, 5.41) is 4.61. The van der Waals surface area contributed by atoms with Gasteiger partial charge in [-0.3, -0.25) is 9.52 Å². The van der Waals surface area contributed by atoms with Crippen molar-refractivity contribution < 1.29 is 26.7 Å². The van der Waals surface area contributed by atoms with Crippen LogP contribution in [0.1, 0.15) is 16.1 Å². The number of aromatic amines is 1. The third-order valence-corrected chi connectivity index (χ3v) is 6.73. The van der Waals surface area contributed by atoms with E-state index >= 15 is 0 Å². The van der Waals surface area contributed by atoms with E-state index in [1.807, 2.05) is 0 Å². The van der Waals surface area contributed by atoms with E-state index in [0.717, 1.165) is 12.3 Å². The zero-order valence-electron chi connectivity index (χ0n) is 19.8. The van der Waals surface area contributed by atoms with E-state index in [2.05, 4.69) is 14.8 Å². The molecule has 14 heteroatoms. The summed E-state index contributed by atoms with van der Waals surface area (Å²) in [5.74, 6) is -1.91. The maximum absolute atomic E-state index is 14.4. The van der Waals surface area contributed by atoms with Gasteiger partial charge in [0.15, 0.2) is 11.6 Å². The SMILES string of the molecule is CS(=O)(=O)Nc1cc2[nH]c(C(=O)c3cnn(-c4c(Cl)cc(Oc5ccccc5F)cc4Cl)c3N)cc2cc1F. The summed E-state index contributed by atoms with van der Waals surface area (Å²) in [6.07, 6.45) is 2.11. The fourth-order valence-electron chi connectivity index (χ4n) is 3.87. The van der Waals surface area contributed by atoms with Crippen LogP contribution in [0.5, 0.6) is 11.5 Å². The Kier molecular flexibility index (Phi) is 6.70. The van der Waals surface area contributed by atoms with Crippen molar-refractivity contribution in [1.82, 2.24) is 14.8 Å². The lowest BCUT2D eigenvalue weighted by molar-refractivity contribution is 0.103. The highest BCUT2D eigenvalue weighted by molar-refractivity contribution is 7.92. The van der Waals surface area contributed by atoms with Crippen LogP contribution >= 0.6 is 23.2 Å². The van der Waals surface area contributed by atoms with Crippen molar-refractivity contribution >= 4 is 61.4 Å². The molecule has 9 nitrogen and oxygen atoms in total. The first-order valence-corrected chi connectivity index (χ1v) is 13.7. The third kappa shape index (κ3) is 5.26. The number of halogens is 4. The number of ether oxygens (including phenoxy) is 1. The summed E-state index contributed by atoms with van der Waals surface area (Å²) in [6, 6.07) is 12.3. The predicted octanol–water partition coefficient (Wildman–Crippen LogP) is 5.92. The molecule has 0 spiro atoms. The van der Waals surface area contributed by atoms with Crippen LogP contribution in [0, 0.1) is 11.6 Å². The third-order valence-electron chi connectivity index (χ3n) is 5.57. The zero-order valence-corrected chi connectivity index (χ0v) is 22.1. The number of benzene rings is 3. The van der Waals surface area contributed by atoms with E-state index < -0.39 is 27.4 Å². The minimum absolute atomic E-state index is 0.00433. The summed E-state index contributed by atoms with van der Waals surface area (Å²) in [6.45, 7) is 0.